The van der Waals surface area contributed by atoms with Crippen molar-refractivity contribution in [3.05, 3.63) is 0 Å². The van der Waals surface area contributed by atoms with Crippen molar-refractivity contribution in [2.45, 2.75) is 57.3 Å². The van der Waals surface area contributed by atoms with E-state index in [4.69, 9.17) is 4.74 Å². The van der Waals surface area contributed by atoms with Crippen LogP contribution in [0.2, 0.25) is 0 Å². The van der Waals surface area contributed by atoms with Crippen molar-refractivity contribution >= 4 is 30.7 Å². The molecule has 0 saturated carbocycles. The number of morpholine rings is 1. The third kappa shape index (κ3) is 6.16. The Morgan fingerprint density at radius 3 is 2.23 bits per heavy atom. The summed E-state index contributed by atoms with van der Waals surface area (Å²) in [5, 5.41) is 2.67. The molecule has 0 aromatic heterocycles. The second kappa shape index (κ2) is 9.82. The fraction of sp³-hybridized carbons (Fsp3) is 0.941. The van der Waals surface area contributed by atoms with Gasteiger partial charge in [-0.25, -0.2) is 8.78 Å². The van der Waals surface area contributed by atoms with Crippen LogP contribution in [-0.4, -0.2) is 79.1 Å². The van der Waals surface area contributed by atoms with Crippen molar-refractivity contribution in [3.8, 4) is 0 Å². The van der Waals surface area contributed by atoms with Gasteiger partial charge in [0.25, 0.3) is 5.92 Å². The highest BCUT2D eigenvalue weighted by atomic mass is 35.5. The first-order chi connectivity index (χ1) is 11.3. The maximum atomic E-state index is 13.3. The highest BCUT2D eigenvalue weighted by Gasteiger charge is 2.43. The zero-order chi connectivity index (χ0) is 17.3. The van der Waals surface area contributed by atoms with E-state index in [1.54, 1.807) is 4.90 Å². The van der Waals surface area contributed by atoms with Gasteiger partial charge in [-0.15, -0.1) is 24.8 Å². The Morgan fingerprint density at radius 2 is 1.73 bits per heavy atom. The number of carbonyl (C=O) groups excluding carboxylic acids is 1. The summed E-state index contributed by atoms with van der Waals surface area (Å²) in [4.78, 5) is 16.6. The van der Waals surface area contributed by atoms with Gasteiger partial charge in [0, 0.05) is 39.1 Å². The zero-order valence-corrected chi connectivity index (χ0v) is 17.1. The van der Waals surface area contributed by atoms with Gasteiger partial charge in [0.05, 0.1) is 24.8 Å². The van der Waals surface area contributed by atoms with Crippen molar-refractivity contribution in [1.82, 2.24) is 15.1 Å². The molecule has 0 aromatic rings. The number of piperidine rings is 1. The number of nitrogens with one attached hydrogen (secondary N) is 1. The summed E-state index contributed by atoms with van der Waals surface area (Å²) >= 11 is 0. The van der Waals surface area contributed by atoms with E-state index in [1.807, 2.05) is 0 Å². The third-order valence-corrected chi connectivity index (χ3v) is 5.35. The molecule has 3 atom stereocenters. The normalized spacial score (nSPS) is 32.6. The number of nitrogens with zero attached hydrogens (tertiary/aromatic N) is 2. The highest BCUT2D eigenvalue weighted by molar-refractivity contribution is 5.85. The Labute approximate surface area is 167 Å². The summed E-state index contributed by atoms with van der Waals surface area (Å²) in [6.07, 6.45) is 2.08. The van der Waals surface area contributed by atoms with Gasteiger partial charge in [0.1, 0.15) is 0 Å². The van der Waals surface area contributed by atoms with E-state index in [0.717, 1.165) is 32.5 Å². The van der Waals surface area contributed by atoms with Crippen LogP contribution in [0.3, 0.4) is 0 Å². The van der Waals surface area contributed by atoms with Crippen LogP contribution in [0.15, 0.2) is 0 Å². The molecule has 3 saturated heterocycles. The molecule has 3 fully saturated rings. The lowest BCUT2D eigenvalue weighted by Gasteiger charge is -2.39. The lowest BCUT2D eigenvalue weighted by atomic mass is 9.95. The summed E-state index contributed by atoms with van der Waals surface area (Å²) in [5.74, 6) is -2.33. The van der Waals surface area contributed by atoms with Crippen LogP contribution in [0.4, 0.5) is 8.78 Å². The second-order valence-electron chi connectivity index (χ2n) is 7.74. The van der Waals surface area contributed by atoms with Crippen LogP contribution in [0.1, 0.15) is 33.1 Å². The Hall–Kier alpha value is -0.210. The summed E-state index contributed by atoms with van der Waals surface area (Å²) in [7, 11) is 0. The first kappa shape index (κ1) is 23.8. The number of ether oxygens (including phenoxy) is 1. The first-order valence-electron chi connectivity index (χ1n) is 9.10. The number of likely N-dealkylation sites (tertiary alicyclic amines) is 1. The zero-order valence-electron chi connectivity index (χ0n) is 15.5. The quantitative estimate of drug-likeness (QED) is 0.763. The first-order valence-corrected chi connectivity index (χ1v) is 9.10. The van der Waals surface area contributed by atoms with E-state index in [-0.39, 0.29) is 55.9 Å². The predicted octanol–water partition coefficient (Wildman–Crippen LogP) is 2.18. The SMILES string of the molecule is CC1CN(CC2CCN(C(=O)C3CC(F)(F)CN3)CC2)CC(C)O1.Cl.Cl. The molecule has 26 heavy (non-hydrogen) atoms. The van der Waals surface area contributed by atoms with Crippen molar-refractivity contribution in [2.24, 2.45) is 5.92 Å². The number of amides is 1. The van der Waals surface area contributed by atoms with Crippen LogP contribution < -0.4 is 5.32 Å². The average Bonchev–Trinajstić information content (AvgIpc) is 2.86. The van der Waals surface area contributed by atoms with E-state index < -0.39 is 12.0 Å². The van der Waals surface area contributed by atoms with Crippen LogP contribution in [-0.2, 0) is 9.53 Å². The number of rotatable bonds is 3. The lowest BCUT2D eigenvalue weighted by Crippen LogP contribution is -2.50. The smallest absolute Gasteiger partial charge is 0.262 e. The van der Waals surface area contributed by atoms with Gasteiger partial charge in [-0.1, -0.05) is 0 Å². The molecule has 3 rings (SSSR count). The number of alkyl halides is 2. The van der Waals surface area contributed by atoms with Gasteiger partial charge in [0.2, 0.25) is 5.91 Å². The molecule has 3 heterocycles. The van der Waals surface area contributed by atoms with Crippen molar-refractivity contribution in [2.75, 3.05) is 39.3 Å². The Morgan fingerprint density at radius 1 is 1.15 bits per heavy atom. The molecule has 3 unspecified atom stereocenters. The van der Waals surface area contributed by atoms with Gasteiger partial charge in [0.15, 0.2) is 0 Å². The lowest BCUT2D eigenvalue weighted by molar-refractivity contribution is -0.135. The highest BCUT2D eigenvalue weighted by Crippen LogP contribution is 2.27. The van der Waals surface area contributed by atoms with E-state index >= 15 is 0 Å². The molecule has 0 radical (unpaired) electrons. The molecule has 0 bridgehead atoms. The number of hydrogen-bond donors (Lipinski definition) is 1. The van der Waals surface area contributed by atoms with Gasteiger partial charge in [-0.3, -0.25) is 15.0 Å². The fourth-order valence-corrected chi connectivity index (χ4v) is 4.25. The third-order valence-electron chi connectivity index (χ3n) is 5.35. The van der Waals surface area contributed by atoms with Crippen LogP contribution in [0, 0.1) is 5.92 Å². The molecule has 3 aliphatic rings. The van der Waals surface area contributed by atoms with Crippen molar-refractivity contribution in [1.29, 1.82) is 0 Å². The Kier molecular flexibility index (Phi) is 9.00. The predicted molar refractivity (Wildman–Crippen MR) is 102 cm³/mol. The maximum absolute atomic E-state index is 13.3. The molecule has 1 amide bonds. The Bertz CT molecular complexity index is 455. The minimum Gasteiger partial charge on any atom is -0.373 e. The van der Waals surface area contributed by atoms with Crippen molar-refractivity contribution in [3.63, 3.8) is 0 Å². The molecule has 3 aliphatic heterocycles. The topological polar surface area (TPSA) is 44.8 Å². The summed E-state index contributed by atoms with van der Waals surface area (Å²) in [5.41, 5.74) is 0. The molecule has 154 valence electrons. The summed E-state index contributed by atoms with van der Waals surface area (Å²) in [6.45, 7) is 8.16. The number of halogens is 4. The fourth-order valence-electron chi connectivity index (χ4n) is 4.25. The second-order valence-corrected chi connectivity index (χ2v) is 7.74. The number of hydrogen-bond acceptors (Lipinski definition) is 4. The molecular formula is C17H31Cl2F2N3O2. The maximum Gasteiger partial charge on any atom is 0.262 e. The van der Waals surface area contributed by atoms with Gasteiger partial charge in [-0.2, -0.15) is 0 Å². The Balaban J connectivity index is 0.00000169. The van der Waals surface area contributed by atoms with E-state index in [1.165, 1.54) is 0 Å². The summed E-state index contributed by atoms with van der Waals surface area (Å²) in [6, 6.07) is -0.711. The van der Waals surface area contributed by atoms with Gasteiger partial charge < -0.3 is 9.64 Å². The van der Waals surface area contributed by atoms with E-state index in [9.17, 15) is 13.6 Å². The molecule has 0 spiro atoms. The molecule has 0 aliphatic carbocycles. The minimum atomic E-state index is -2.75. The van der Waals surface area contributed by atoms with Crippen molar-refractivity contribution < 1.29 is 18.3 Å². The molecule has 0 aromatic carbocycles. The molecule has 5 nitrogen and oxygen atoms in total. The van der Waals surface area contributed by atoms with E-state index in [0.29, 0.717) is 19.0 Å². The van der Waals surface area contributed by atoms with Gasteiger partial charge >= 0.3 is 0 Å². The molecule has 1 N–H and O–H groups in total. The largest absolute Gasteiger partial charge is 0.373 e. The monoisotopic (exact) mass is 417 g/mol. The van der Waals surface area contributed by atoms with Crippen LogP contribution >= 0.6 is 24.8 Å². The standard InChI is InChI=1S/C17H29F2N3O2.2ClH/c1-12-8-21(9-13(2)24-12)10-14-3-5-22(6-4-14)16(23)15-7-17(18,19)11-20-15;;/h12-15,20H,3-11H2,1-2H3;2*1H. The van der Waals surface area contributed by atoms with E-state index in [2.05, 4.69) is 24.1 Å². The van der Waals surface area contributed by atoms with Crippen LogP contribution in [0.25, 0.3) is 0 Å². The summed E-state index contributed by atoms with van der Waals surface area (Å²) < 4.78 is 32.3. The average molecular weight is 418 g/mol. The molecular weight excluding hydrogens is 387 g/mol. The van der Waals surface area contributed by atoms with Gasteiger partial charge in [-0.05, 0) is 32.6 Å². The molecule has 9 heteroatoms. The van der Waals surface area contributed by atoms with Crippen LogP contribution in [0.5, 0.6) is 0 Å². The minimum absolute atomic E-state index is 0. The number of carbonyl (C=O) groups is 1.